The van der Waals surface area contributed by atoms with Gasteiger partial charge in [0, 0.05) is 24.5 Å². The third-order valence-corrected chi connectivity index (χ3v) is 3.16. The number of nitrogens with one attached hydrogen (secondary N) is 1. The molecule has 1 aromatic carbocycles. The summed E-state index contributed by atoms with van der Waals surface area (Å²) in [6, 6.07) is 7.82. The smallest absolute Gasteiger partial charge is 0.101 e. The highest BCUT2D eigenvalue weighted by Crippen LogP contribution is 2.27. The Kier molecular flexibility index (Phi) is 2.69. The molecular weight excluding hydrogens is 234 g/mol. The van der Waals surface area contributed by atoms with Gasteiger partial charge in [0.15, 0.2) is 0 Å². The summed E-state index contributed by atoms with van der Waals surface area (Å²) in [6.07, 6.45) is 3.90. The molecule has 0 radical (unpaired) electrons. The summed E-state index contributed by atoms with van der Waals surface area (Å²) in [6.45, 7) is 0.909. The molecule has 0 aliphatic carbocycles. The summed E-state index contributed by atoms with van der Waals surface area (Å²) < 4.78 is 0. The first-order chi connectivity index (χ1) is 8.33. The van der Waals surface area contributed by atoms with Crippen molar-refractivity contribution >= 4 is 34.0 Å². The van der Waals surface area contributed by atoms with E-state index in [1.165, 1.54) is 0 Å². The number of halogens is 1. The number of nitrogens with zero attached hydrogens (tertiary/aromatic N) is 2. The second-order valence-electron chi connectivity index (χ2n) is 4.09. The molecule has 3 nitrogen and oxygen atoms in total. The zero-order valence-electron chi connectivity index (χ0n) is 9.28. The molecule has 1 aliphatic heterocycles. The fourth-order valence-corrected chi connectivity index (χ4v) is 2.20. The van der Waals surface area contributed by atoms with Crippen molar-refractivity contribution in [2.75, 3.05) is 11.9 Å². The van der Waals surface area contributed by atoms with E-state index in [2.05, 4.69) is 15.3 Å². The van der Waals surface area contributed by atoms with Gasteiger partial charge in [-0.3, -0.25) is 9.98 Å². The molecule has 0 unspecified atom stereocenters. The Labute approximate surface area is 105 Å². The standard InChI is InChI=1S/C13H12ClN3/c14-10-7-9-3-1-5-15-11(9)8-12(10)17-13-4-2-6-16-13/h1,3,5,7-8H,2,4,6H2,(H,16,17). The molecule has 0 amide bonds. The molecule has 17 heavy (non-hydrogen) atoms. The lowest BCUT2D eigenvalue weighted by Gasteiger charge is -2.09. The highest BCUT2D eigenvalue weighted by atomic mass is 35.5. The zero-order valence-corrected chi connectivity index (χ0v) is 10.0. The molecule has 0 spiro atoms. The van der Waals surface area contributed by atoms with Gasteiger partial charge in [0.1, 0.15) is 5.84 Å². The van der Waals surface area contributed by atoms with Gasteiger partial charge in [0.25, 0.3) is 0 Å². The van der Waals surface area contributed by atoms with E-state index in [1.54, 1.807) is 6.20 Å². The highest BCUT2D eigenvalue weighted by molar-refractivity contribution is 6.34. The number of hydrogen-bond acceptors (Lipinski definition) is 3. The van der Waals surface area contributed by atoms with Crippen molar-refractivity contribution in [2.45, 2.75) is 12.8 Å². The van der Waals surface area contributed by atoms with E-state index < -0.39 is 0 Å². The number of pyridine rings is 1. The van der Waals surface area contributed by atoms with Gasteiger partial charge in [-0.15, -0.1) is 0 Å². The summed E-state index contributed by atoms with van der Waals surface area (Å²) in [5.41, 5.74) is 1.83. The van der Waals surface area contributed by atoms with Gasteiger partial charge in [-0.1, -0.05) is 17.7 Å². The second-order valence-corrected chi connectivity index (χ2v) is 4.49. The molecule has 1 N–H and O–H groups in total. The van der Waals surface area contributed by atoms with Gasteiger partial charge < -0.3 is 5.32 Å². The van der Waals surface area contributed by atoms with Crippen LogP contribution in [-0.4, -0.2) is 17.4 Å². The fraction of sp³-hybridized carbons (Fsp3) is 0.231. The Morgan fingerprint density at radius 3 is 3.06 bits per heavy atom. The lowest BCUT2D eigenvalue weighted by molar-refractivity contribution is 0.951. The molecule has 0 saturated heterocycles. The van der Waals surface area contributed by atoms with Gasteiger partial charge in [-0.25, -0.2) is 0 Å². The molecule has 2 heterocycles. The molecule has 2 aromatic rings. The number of fused-ring (bicyclic) bond motifs is 1. The minimum Gasteiger partial charge on any atom is -0.343 e. The summed E-state index contributed by atoms with van der Waals surface area (Å²) in [5.74, 6) is 1.02. The van der Waals surface area contributed by atoms with E-state index in [4.69, 9.17) is 11.6 Å². The van der Waals surface area contributed by atoms with Crippen LogP contribution in [-0.2, 0) is 0 Å². The lowest BCUT2D eigenvalue weighted by Crippen LogP contribution is -2.08. The average Bonchev–Trinajstić information content (AvgIpc) is 2.83. The first kappa shape index (κ1) is 10.5. The number of anilines is 1. The first-order valence-electron chi connectivity index (χ1n) is 5.67. The van der Waals surface area contributed by atoms with Crippen molar-refractivity contribution in [3.05, 3.63) is 35.5 Å². The maximum absolute atomic E-state index is 6.24. The molecule has 0 atom stereocenters. The topological polar surface area (TPSA) is 37.3 Å². The molecule has 1 aliphatic rings. The Bertz CT molecular complexity index is 592. The van der Waals surface area contributed by atoms with Crippen LogP contribution in [0.3, 0.4) is 0 Å². The zero-order chi connectivity index (χ0) is 11.7. The van der Waals surface area contributed by atoms with Crippen LogP contribution in [0.15, 0.2) is 35.5 Å². The quantitative estimate of drug-likeness (QED) is 0.835. The van der Waals surface area contributed by atoms with E-state index in [0.29, 0.717) is 5.02 Å². The van der Waals surface area contributed by atoms with Crippen LogP contribution in [0, 0.1) is 0 Å². The van der Waals surface area contributed by atoms with Gasteiger partial charge in [-0.05, 0) is 24.6 Å². The molecule has 0 bridgehead atoms. The predicted octanol–water partition coefficient (Wildman–Crippen LogP) is 3.49. The van der Waals surface area contributed by atoms with Crippen LogP contribution >= 0.6 is 11.6 Å². The SMILES string of the molecule is Clc1cc2cccnc2cc1NC1=NCCC1. The summed E-state index contributed by atoms with van der Waals surface area (Å²) in [4.78, 5) is 8.70. The monoisotopic (exact) mass is 245 g/mol. The Morgan fingerprint density at radius 2 is 2.24 bits per heavy atom. The molecule has 86 valence electrons. The van der Waals surface area contributed by atoms with Crippen LogP contribution in [0.1, 0.15) is 12.8 Å². The number of amidine groups is 1. The first-order valence-corrected chi connectivity index (χ1v) is 6.05. The van der Waals surface area contributed by atoms with Gasteiger partial charge in [-0.2, -0.15) is 0 Å². The van der Waals surface area contributed by atoms with Crippen molar-refractivity contribution in [1.29, 1.82) is 0 Å². The molecule has 3 rings (SSSR count). The predicted molar refractivity (Wildman–Crippen MR) is 71.9 cm³/mol. The van der Waals surface area contributed by atoms with E-state index in [9.17, 15) is 0 Å². The fourth-order valence-electron chi connectivity index (χ4n) is 1.99. The van der Waals surface area contributed by atoms with Crippen molar-refractivity contribution in [2.24, 2.45) is 4.99 Å². The largest absolute Gasteiger partial charge is 0.343 e. The minimum absolute atomic E-state index is 0.708. The number of benzene rings is 1. The number of hydrogen-bond donors (Lipinski definition) is 1. The van der Waals surface area contributed by atoms with Gasteiger partial charge in [0.05, 0.1) is 16.2 Å². The maximum Gasteiger partial charge on any atom is 0.101 e. The summed E-state index contributed by atoms with van der Waals surface area (Å²) in [5, 5.41) is 5.04. The maximum atomic E-state index is 6.24. The van der Waals surface area contributed by atoms with Crippen molar-refractivity contribution in [3.63, 3.8) is 0 Å². The van der Waals surface area contributed by atoms with Crippen LogP contribution in [0.4, 0.5) is 5.69 Å². The number of aromatic nitrogens is 1. The molecule has 0 saturated carbocycles. The number of rotatable bonds is 1. The van der Waals surface area contributed by atoms with Gasteiger partial charge >= 0.3 is 0 Å². The number of aliphatic imine (C=N–C) groups is 1. The van der Waals surface area contributed by atoms with Crippen LogP contribution in [0.25, 0.3) is 10.9 Å². The van der Waals surface area contributed by atoms with Crippen LogP contribution in [0.5, 0.6) is 0 Å². The van der Waals surface area contributed by atoms with Crippen molar-refractivity contribution in [1.82, 2.24) is 4.98 Å². The van der Waals surface area contributed by atoms with Crippen molar-refractivity contribution in [3.8, 4) is 0 Å². The Hall–Kier alpha value is -1.61. The minimum atomic E-state index is 0.708. The Morgan fingerprint density at radius 1 is 1.29 bits per heavy atom. The van der Waals surface area contributed by atoms with Crippen molar-refractivity contribution < 1.29 is 0 Å². The molecule has 1 aromatic heterocycles. The van der Waals surface area contributed by atoms with E-state index in [-0.39, 0.29) is 0 Å². The van der Waals surface area contributed by atoms with Gasteiger partial charge in [0.2, 0.25) is 0 Å². The second kappa shape index (κ2) is 4.34. The van der Waals surface area contributed by atoms with Crippen LogP contribution in [0.2, 0.25) is 5.02 Å². The lowest BCUT2D eigenvalue weighted by atomic mass is 10.2. The molecular formula is C13H12ClN3. The third kappa shape index (κ3) is 2.11. The molecule has 4 heteroatoms. The normalized spacial score (nSPS) is 15.0. The third-order valence-electron chi connectivity index (χ3n) is 2.85. The van der Waals surface area contributed by atoms with E-state index >= 15 is 0 Å². The summed E-state index contributed by atoms with van der Waals surface area (Å²) >= 11 is 6.24. The molecule has 0 fully saturated rings. The average molecular weight is 246 g/mol. The highest BCUT2D eigenvalue weighted by Gasteiger charge is 2.09. The summed E-state index contributed by atoms with van der Waals surface area (Å²) in [7, 11) is 0. The van der Waals surface area contributed by atoms with E-state index in [1.807, 2.05) is 24.3 Å². The van der Waals surface area contributed by atoms with E-state index in [0.717, 1.165) is 41.8 Å². The Balaban J connectivity index is 2.00. The van der Waals surface area contributed by atoms with Crippen LogP contribution < -0.4 is 5.32 Å².